The molecule has 1 fully saturated rings. The Hall–Kier alpha value is -3.55. The normalized spacial score (nSPS) is 21.7. The van der Waals surface area contributed by atoms with Crippen molar-refractivity contribution in [2.24, 2.45) is 5.14 Å². The van der Waals surface area contributed by atoms with Crippen molar-refractivity contribution in [1.82, 2.24) is 20.6 Å². The van der Waals surface area contributed by atoms with E-state index in [1.807, 2.05) is 36.4 Å². The number of hydrogen-bond acceptors (Lipinski definition) is 6. The highest BCUT2D eigenvalue weighted by Crippen LogP contribution is 2.36. The van der Waals surface area contributed by atoms with Crippen LogP contribution >= 0.6 is 0 Å². The van der Waals surface area contributed by atoms with E-state index in [0.29, 0.717) is 18.5 Å². The molecule has 1 aromatic heterocycles. The van der Waals surface area contributed by atoms with E-state index in [4.69, 9.17) is 5.14 Å². The van der Waals surface area contributed by atoms with Gasteiger partial charge in [0.25, 0.3) is 0 Å². The van der Waals surface area contributed by atoms with Crippen LogP contribution in [0, 0.1) is 11.3 Å². The molecule has 0 aliphatic heterocycles. The highest BCUT2D eigenvalue weighted by molar-refractivity contribution is 7.90. The molecule has 0 spiro atoms. The minimum atomic E-state index is -4.20. The lowest BCUT2D eigenvalue weighted by atomic mass is 9.79. The first kappa shape index (κ1) is 23.6. The number of sulfonamides is 1. The van der Waals surface area contributed by atoms with Crippen LogP contribution < -0.4 is 15.8 Å². The van der Waals surface area contributed by atoms with Gasteiger partial charge in [-0.2, -0.15) is 5.26 Å². The Bertz CT molecular complexity index is 1280. The van der Waals surface area contributed by atoms with Crippen LogP contribution in [0.3, 0.4) is 0 Å². The minimum absolute atomic E-state index is 0.0134. The van der Waals surface area contributed by atoms with Gasteiger partial charge in [-0.1, -0.05) is 61.7 Å². The van der Waals surface area contributed by atoms with E-state index in [0.717, 1.165) is 30.4 Å². The molecule has 1 unspecified atom stereocenters. The largest absolute Gasteiger partial charge is 0.327 e. The molecule has 4 rings (SSSR count). The molecule has 9 nitrogen and oxygen atoms in total. The number of nitrogens with zero attached hydrogens (tertiary/aromatic N) is 3. The van der Waals surface area contributed by atoms with Crippen molar-refractivity contribution in [3.8, 4) is 6.07 Å². The fourth-order valence-corrected chi connectivity index (χ4v) is 5.37. The number of nitrogens with one attached hydrogen (secondary N) is 2. The molecule has 34 heavy (non-hydrogen) atoms. The smallest absolute Gasteiger partial charge is 0.317 e. The lowest BCUT2D eigenvalue weighted by molar-refractivity contribution is 0.196. The van der Waals surface area contributed by atoms with Crippen LogP contribution in [0.4, 0.5) is 4.79 Å². The summed E-state index contributed by atoms with van der Waals surface area (Å²) in [5.41, 5.74) is 1.48. The molecule has 2 amide bonds. The van der Waals surface area contributed by atoms with Gasteiger partial charge in [0.15, 0.2) is 4.87 Å². The van der Waals surface area contributed by atoms with Crippen molar-refractivity contribution >= 4 is 21.6 Å². The number of hydrogen-bond donors (Lipinski definition) is 3. The average molecular weight is 479 g/mol. The third-order valence-corrected chi connectivity index (χ3v) is 7.82. The van der Waals surface area contributed by atoms with Gasteiger partial charge < -0.3 is 10.6 Å². The van der Waals surface area contributed by atoms with E-state index in [9.17, 15) is 18.5 Å². The predicted octanol–water partition coefficient (Wildman–Crippen LogP) is 2.84. The zero-order valence-electron chi connectivity index (χ0n) is 18.6. The van der Waals surface area contributed by atoms with Gasteiger partial charge in [0.05, 0.1) is 11.2 Å². The number of benzene rings is 1. The van der Waals surface area contributed by atoms with Crippen LogP contribution in [-0.2, 0) is 15.6 Å². The van der Waals surface area contributed by atoms with Crippen molar-refractivity contribution in [3.05, 3.63) is 77.9 Å². The highest BCUT2D eigenvalue weighted by atomic mass is 32.2. The van der Waals surface area contributed by atoms with Crippen LogP contribution in [0.25, 0.3) is 5.57 Å². The van der Waals surface area contributed by atoms with Crippen molar-refractivity contribution in [2.45, 2.75) is 48.9 Å². The molecule has 0 saturated heterocycles. The minimum Gasteiger partial charge on any atom is -0.327 e. The zero-order chi connectivity index (χ0) is 24.2. The third kappa shape index (κ3) is 4.71. The van der Waals surface area contributed by atoms with Gasteiger partial charge in [-0.15, -0.1) is 0 Å². The van der Waals surface area contributed by atoms with Crippen molar-refractivity contribution in [2.75, 3.05) is 0 Å². The number of rotatable bonds is 5. The van der Waals surface area contributed by atoms with E-state index in [-0.39, 0.29) is 12.2 Å². The van der Waals surface area contributed by atoms with Gasteiger partial charge in [0, 0.05) is 12.6 Å². The quantitative estimate of drug-likeness (QED) is 0.601. The fraction of sp³-hybridized carbons (Fsp3) is 0.333. The van der Waals surface area contributed by atoms with Crippen molar-refractivity contribution < 1.29 is 13.2 Å². The molecule has 0 radical (unpaired) electrons. The Balaban J connectivity index is 1.59. The standard InChI is InChI=1S/C24H26N6O3S/c25-17-21-27-16-11-20(28-21)23(12-5-2-6-13-23)29-22(31)30-24(34(26,32)33)14-9-19(10-15-24)18-7-3-1-4-8-18/h1,3-4,7-11,14,16H,2,5-6,12-13,15H2,(H2,26,32,33)(H2,29,30,31). The number of nitriles is 1. The molecule has 2 aliphatic carbocycles. The number of amides is 2. The number of urea groups is 1. The summed E-state index contributed by atoms with van der Waals surface area (Å²) in [6.45, 7) is 0. The molecule has 4 N–H and O–H groups in total. The van der Waals surface area contributed by atoms with Crippen molar-refractivity contribution in [1.29, 1.82) is 5.26 Å². The second-order valence-electron chi connectivity index (χ2n) is 8.60. The number of carbonyl (C=O) groups excluding carboxylic acids is 1. The Morgan fingerprint density at radius 1 is 1.09 bits per heavy atom. The monoisotopic (exact) mass is 478 g/mol. The number of aromatic nitrogens is 2. The van der Waals surface area contributed by atoms with E-state index in [1.54, 1.807) is 18.2 Å². The van der Waals surface area contributed by atoms with Gasteiger partial charge in [-0.3, -0.25) is 0 Å². The summed E-state index contributed by atoms with van der Waals surface area (Å²) in [6, 6.07) is 12.5. The molecule has 0 bridgehead atoms. The van der Waals surface area contributed by atoms with E-state index in [1.165, 1.54) is 12.3 Å². The van der Waals surface area contributed by atoms with Crippen LogP contribution in [0.2, 0.25) is 0 Å². The average Bonchev–Trinajstić information content (AvgIpc) is 2.85. The maximum atomic E-state index is 13.2. The van der Waals surface area contributed by atoms with Gasteiger partial charge in [-0.05, 0) is 36.1 Å². The van der Waals surface area contributed by atoms with Crippen LogP contribution in [-0.4, -0.2) is 29.3 Å². The zero-order valence-corrected chi connectivity index (χ0v) is 19.4. The fourth-order valence-electron chi connectivity index (χ4n) is 4.56. The third-order valence-electron chi connectivity index (χ3n) is 6.40. The number of allylic oxidation sites excluding steroid dienone is 2. The van der Waals surface area contributed by atoms with Gasteiger partial charge in [0.2, 0.25) is 15.8 Å². The number of carbonyl (C=O) groups is 1. The van der Waals surface area contributed by atoms with E-state index in [2.05, 4.69) is 20.6 Å². The summed E-state index contributed by atoms with van der Waals surface area (Å²) in [7, 11) is -4.20. The Kier molecular flexibility index (Phi) is 6.50. The first-order valence-corrected chi connectivity index (χ1v) is 12.6. The Labute approximate surface area is 198 Å². The summed E-state index contributed by atoms with van der Waals surface area (Å²) in [6.07, 6.45) is 10.3. The van der Waals surface area contributed by atoms with Gasteiger partial charge >= 0.3 is 6.03 Å². The summed E-state index contributed by atoms with van der Waals surface area (Å²) in [5.74, 6) is 0.0134. The molecular formula is C24H26N6O3S. The van der Waals surface area contributed by atoms with Crippen LogP contribution in [0.15, 0.2) is 60.8 Å². The van der Waals surface area contributed by atoms with Gasteiger partial charge in [0.1, 0.15) is 6.07 Å². The molecular weight excluding hydrogens is 452 g/mol. The SMILES string of the molecule is N#Cc1nccc(C2(NC(=O)NC3(S(N)(=O)=O)C=CC(c4ccccc4)=CC3)CCCCC2)n1. The first-order chi connectivity index (χ1) is 16.3. The molecule has 176 valence electrons. The lowest BCUT2D eigenvalue weighted by Crippen LogP contribution is -2.61. The molecule has 1 saturated carbocycles. The summed E-state index contributed by atoms with van der Waals surface area (Å²) >= 11 is 0. The van der Waals surface area contributed by atoms with Crippen LogP contribution in [0.5, 0.6) is 0 Å². The summed E-state index contributed by atoms with van der Waals surface area (Å²) in [4.78, 5) is 19.7. The maximum absolute atomic E-state index is 13.2. The van der Waals surface area contributed by atoms with E-state index < -0.39 is 26.5 Å². The van der Waals surface area contributed by atoms with Gasteiger partial charge in [-0.25, -0.2) is 28.3 Å². The van der Waals surface area contributed by atoms with Crippen molar-refractivity contribution in [3.63, 3.8) is 0 Å². The number of nitrogens with two attached hydrogens (primary N) is 1. The number of primary sulfonamides is 1. The lowest BCUT2D eigenvalue weighted by Gasteiger charge is -2.39. The summed E-state index contributed by atoms with van der Waals surface area (Å²) < 4.78 is 25.2. The van der Waals surface area contributed by atoms with E-state index >= 15 is 0 Å². The predicted molar refractivity (Wildman–Crippen MR) is 127 cm³/mol. The molecule has 1 heterocycles. The molecule has 2 aliphatic rings. The topological polar surface area (TPSA) is 151 Å². The molecule has 10 heteroatoms. The summed E-state index contributed by atoms with van der Waals surface area (Å²) in [5, 5.41) is 20.4. The van der Waals surface area contributed by atoms with Crippen LogP contribution in [0.1, 0.15) is 55.6 Å². The second-order valence-corrected chi connectivity index (χ2v) is 10.4. The Morgan fingerprint density at radius 3 is 2.44 bits per heavy atom. The maximum Gasteiger partial charge on any atom is 0.317 e. The first-order valence-electron chi connectivity index (χ1n) is 11.1. The molecule has 1 aromatic carbocycles. The Morgan fingerprint density at radius 2 is 1.82 bits per heavy atom. The molecule has 2 aromatic rings. The molecule has 1 atom stereocenters. The highest BCUT2D eigenvalue weighted by Gasteiger charge is 2.44. The second kappa shape index (κ2) is 9.37.